The molecule has 0 bridgehead atoms. The standard InChI is InChI=1S/C13H22N4O2/c1-16(2)10-3-6-17(7-4-10)9-12-11(5-8-19-12)13(18)15-14/h5,8,10H,3-4,6-7,9,14H2,1-2H3,(H,15,18). The van der Waals surface area contributed by atoms with Crippen LogP contribution >= 0.6 is 0 Å². The molecule has 1 amide bonds. The first-order valence-electron chi connectivity index (χ1n) is 6.58. The molecule has 1 saturated heterocycles. The number of carbonyl (C=O) groups excluding carboxylic acids is 1. The molecule has 1 aliphatic heterocycles. The van der Waals surface area contributed by atoms with E-state index < -0.39 is 0 Å². The molecule has 0 atom stereocenters. The highest BCUT2D eigenvalue weighted by atomic mass is 16.3. The fourth-order valence-corrected chi connectivity index (χ4v) is 2.54. The molecule has 0 radical (unpaired) electrons. The number of amides is 1. The van der Waals surface area contributed by atoms with Crippen LogP contribution in [0.3, 0.4) is 0 Å². The normalized spacial score (nSPS) is 17.9. The van der Waals surface area contributed by atoms with Crippen LogP contribution < -0.4 is 11.3 Å². The first-order chi connectivity index (χ1) is 9.11. The number of rotatable bonds is 4. The maximum Gasteiger partial charge on any atom is 0.268 e. The summed E-state index contributed by atoms with van der Waals surface area (Å²) in [4.78, 5) is 16.1. The van der Waals surface area contributed by atoms with E-state index >= 15 is 0 Å². The number of hydrogen-bond acceptors (Lipinski definition) is 5. The monoisotopic (exact) mass is 266 g/mol. The van der Waals surface area contributed by atoms with E-state index in [2.05, 4.69) is 29.3 Å². The van der Waals surface area contributed by atoms with Crippen molar-refractivity contribution < 1.29 is 9.21 Å². The van der Waals surface area contributed by atoms with Crippen molar-refractivity contribution >= 4 is 5.91 Å². The minimum absolute atomic E-state index is 0.299. The average molecular weight is 266 g/mol. The summed E-state index contributed by atoms with van der Waals surface area (Å²) in [5, 5.41) is 0. The van der Waals surface area contributed by atoms with Crippen molar-refractivity contribution in [3.63, 3.8) is 0 Å². The van der Waals surface area contributed by atoms with Gasteiger partial charge in [0.25, 0.3) is 5.91 Å². The Kier molecular flexibility index (Phi) is 4.57. The highest BCUT2D eigenvalue weighted by Crippen LogP contribution is 2.19. The molecule has 0 unspecified atom stereocenters. The van der Waals surface area contributed by atoms with E-state index in [0.29, 0.717) is 23.9 Å². The minimum atomic E-state index is -0.299. The van der Waals surface area contributed by atoms with Crippen molar-refractivity contribution in [2.75, 3.05) is 27.2 Å². The summed E-state index contributed by atoms with van der Waals surface area (Å²) in [5.41, 5.74) is 2.67. The maximum absolute atomic E-state index is 11.6. The van der Waals surface area contributed by atoms with Crippen LogP contribution in [0.15, 0.2) is 16.7 Å². The van der Waals surface area contributed by atoms with Gasteiger partial charge in [-0.15, -0.1) is 0 Å². The molecule has 2 heterocycles. The molecule has 0 spiro atoms. The number of nitrogens with two attached hydrogens (primary N) is 1. The summed E-state index contributed by atoms with van der Waals surface area (Å²) in [6, 6.07) is 2.31. The highest BCUT2D eigenvalue weighted by molar-refractivity contribution is 5.94. The van der Waals surface area contributed by atoms with Gasteiger partial charge in [-0.2, -0.15) is 0 Å². The van der Waals surface area contributed by atoms with E-state index in [4.69, 9.17) is 10.3 Å². The first kappa shape index (κ1) is 14.0. The Morgan fingerprint density at radius 1 is 1.53 bits per heavy atom. The smallest absolute Gasteiger partial charge is 0.268 e. The van der Waals surface area contributed by atoms with Crippen molar-refractivity contribution in [1.29, 1.82) is 0 Å². The predicted molar refractivity (Wildman–Crippen MR) is 72.3 cm³/mol. The SMILES string of the molecule is CN(C)C1CCN(Cc2occc2C(=O)NN)CC1. The lowest BCUT2D eigenvalue weighted by Gasteiger charge is -2.34. The van der Waals surface area contributed by atoms with Gasteiger partial charge in [0, 0.05) is 19.1 Å². The molecule has 2 rings (SSSR count). The maximum atomic E-state index is 11.6. The number of carbonyl (C=O) groups is 1. The van der Waals surface area contributed by atoms with Gasteiger partial charge < -0.3 is 9.32 Å². The van der Waals surface area contributed by atoms with Gasteiger partial charge in [-0.3, -0.25) is 15.1 Å². The van der Waals surface area contributed by atoms with E-state index in [0.717, 1.165) is 25.9 Å². The number of furan rings is 1. The van der Waals surface area contributed by atoms with E-state index in [1.54, 1.807) is 6.07 Å². The quantitative estimate of drug-likeness (QED) is 0.469. The van der Waals surface area contributed by atoms with Gasteiger partial charge in [0.2, 0.25) is 0 Å². The van der Waals surface area contributed by atoms with E-state index in [1.165, 1.54) is 6.26 Å². The molecule has 0 saturated carbocycles. The third-order valence-electron chi connectivity index (χ3n) is 3.78. The van der Waals surface area contributed by atoms with Crippen molar-refractivity contribution in [3.05, 3.63) is 23.7 Å². The van der Waals surface area contributed by atoms with Gasteiger partial charge in [0.15, 0.2) is 0 Å². The molecule has 3 N–H and O–H groups in total. The third kappa shape index (κ3) is 3.34. The first-order valence-corrected chi connectivity index (χ1v) is 6.58. The molecule has 1 aromatic heterocycles. The van der Waals surface area contributed by atoms with Gasteiger partial charge >= 0.3 is 0 Å². The van der Waals surface area contributed by atoms with Crippen LogP contribution in [0.25, 0.3) is 0 Å². The molecule has 1 fully saturated rings. The summed E-state index contributed by atoms with van der Waals surface area (Å²) in [6.45, 7) is 2.70. The van der Waals surface area contributed by atoms with Crippen molar-refractivity contribution in [3.8, 4) is 0 Å². The number of nitrogens with one attached hydrogen (secondary N) is 1. The van der Waals surface area contributed by atoms with Crippen LogP contribution in [0.2, 0.25) is 0 Å². The number of piperidine rings is 1. The van der Waals surface area contributed by atoms with Gasteiger partial charge in [-0.05, 0) is 33.0 Å². The fraction of sp³-hybridized carbons (Fsp3) is 0.615. The lowest BCUT2D eigenvalue weighted by molar-refractivity contribution is 0.0946. The van der Waals surface area contributed by atoms with Crippen LogP contribution in [0.1, 0.15) is 29.0 Å². The highest BCUT2D eigenvalue weighted by Gasteiger charge is 2.23. The Bertz CT molecular complexity index is 422. The molecule has 0 aliphatic carbocycles. The molecule has 1 aromatic rings. The Hall–Kier alpha value is -1.37. The number of hydrazine groups is 1. The Labute approximate surface area is 113 Å². The lowest BCUT2D eigenvalue weighted by Crippen LogP contribution is -2.41. The van der Waals surface area contributed by atoms with Gasteiger partial charge in [0.05, 0.1) is 18.4 Å². The zero-order chi connectivity index (χ0) is 13.8. The minimum Gasteiger partial charge on any atom is -0.467 e. The molecule has 106 valence electrons. The molecular weight excluding hydrogens is 244 g/mol. The number of hydrogen-bond donors (Lipinski definition) is 2. The second-order valence-electron chi connectivity index (χ2n) is 5.20. The second kappa shape index (κ2) is 6.18. The van der Waals surface area contributed by atoms with Crippen LogP contribution in [0.5, 0.6) is 0 Å². The van der Waals surface area contributed by atoms with Gasteiger partial charge in [0.1, 0.15) is 5.76 Å². The van der Waals surface area contributed by atoms with Crippen molar-refractivity contribution in [2.24, 2.45) is 5.84 Å². The van der Waals surface area contributed by atoms with Crippen LogP contribution in [-0.4, -0.2) is 48.9 Å². The largest absolute Gasteiger partial charge is 0.467 e. The molecular formula is C13H22N4O2. The summed E-state index contributed by atoms with van der Waals surface area (Å²) >= 11 is 0. The molecule has 6 nitrogen and oxygen atoms in total. The van der Waals surface area contributed by atoms with E-state index in [-0.39, 0.29) is 5.91 Å². The molecule has 19 heavy (non-hydrogen) atoms. The fourth-order valence-electron chi connectivity index (χ4n) is 2.54. The van der Waals surface area contributed by atoms with Crippen molar-refractivity contribution in [2.45, 2.75) is 25.4 Å². The summed E-state index contributed by atoms with van der Waals surface area (Å²) in [5.74, 6) is 5.54. The third-order valence-corrected chi connectivity index (χ3v) is 3.78. The lowest BCUT2D eigenvalue weighted by atomic mass is 10.0. The van der Waals surface area contributed by atoms with Crippen LogP contribution in [0, 0.1) is 0 Å². The van der Waals surface area contributed by atoms with E-state index in [1.807, 2.05) is 0 Å². The second-order valence-corrected chi connectivity index (χ2v) is 5.20. The number of likely N-dealkylation sites (tertiary alicyclic amines) is 1. The summed E-state index contributed by atoms with van der Waals surface area (Å²) in [7, 11) is 4.24. The van der Waals surface area contributed by atoms with Crippen molar-refractivity contribution in [1.82, 2.24) is 15.2 Å². The number of nitrogens with zero attached hydrogens (tertiary/aromatic N) is 2. The van der Waals surface area contributed by atoms with E-state index in [9.17, 15) is 4.79 Å². The number of nitrogen functional groups attached to an aromatic ring is 1. The molecule has 6 heteroatoms. The Morgan fingerprint density at radius 2 is 2.21 bits per heavy atom. The van der Waals surface area contributed by atoms with Crippen LogP contribution in [-0.2, 0) is 6.54 Å². The zero-order valence-electron chi connectivity index (χ0n) is 11.6. The molecule has 0 aromatic carbocycles. The predicted octanol–water partition coefficient (Wildman–Crippen LogP) is 0.409. The summed E-state index contributed by atoms with van der Waals surface area (Å²) in [6.07, 6.45) is 3.82. The zero-order valence-corrected chi connectivity index (χ0v) is 11.6. The van der Waals surface area contributed by atoms with Gasteiger partial charge in [-0.25, -0.2) is 5.84 Å². The average Bonchev–Trinajstić information content (AvgIpc) is 2.86. The summed E-state index contributed by atoms with van der Waals surface area (Å²) < 4.78 is 5.40. The Balaban J connectivity index is 1.93. The van der Waals surface area contributed by atoms with Gasteiger partial charge in [-0.1, -0.05) is 0 Å². The molecule has 1 aliphatic rings. The Morgan fingerprint density at radius 3 is 2.79 bits per heavy atom. The topological polar surface area (TPSA) is 74.7 Å². The van der Waals surface area contributed by atoms with Crippen LogP contribution in [0.4, 0.5) is 0 Å².